The zero-order chi connectivity index (χ0) is 22.3. The predicted molar refractivity (Wildman–Crippen MR) is 122 cm³/mol. The van der Waals surface area contributed by atoms with Crippen LogP contribution in [0, 0.1) is 0 Å². The third kappa shape index (κ3) is 4.95. The van der Waals surface area contributed by atoms with E-state index < -0.39 is 0 Å². The second-order valence-corrected chi connectivity index (χ2v) is 7.04. The third-order valence-electron chi connectivity index (χ3n) is 4.90. The second-order valence-electron chi connectivity index (χ2n) is 7.04. The molecule has 0 saturated heterocycles. The number of para-hydroxylation sites is 1. The molecule has 1 amide bonds. The number of hydrogen-bond donors (Lipinski definition) is 1. The van der Waals surface area contributed by atoms with Gasteiger partial charge in [-0.15, -0.1) is 0 Å². The number of carbonyl (C=O) groups excluding carboxylic acids is 1. The third-order valence-corrected chi connectivity index (χ3v) is 4.90. The van der Waals surface area contributed by atoms with Crippen molar-refractivity contribution in [2.24, 2.45) is 0 Å². The molecule has 0 saturated carbocycles. The van der Waals surface area contributed by atoms with Crippen LogP contribution >= 0.6 is 0 Å². The first-order valence-electron chi connectivity index (χ1n) is 10.3. The first-order chi connectivity index (χ1) is 15.7. The number of ether oxygens (including phenoxy) is 2. The lowest BCUT2D eigenvalue weighted by Crippen LogP contribution is -2.20. The van der Waals surface area contributed by atoms with Crippen LogP contribution in [0.1, 0.15) is 12.5 Å². The van der Waals surface area contributed by atoms with E-state index in [9.17, 15) is 4.79 Å². The van der Waals surface area contributed by atoms with Crippen LogP contribution in [0.25, 0.3) is 22.8 Å². The minimum atomic E-state index is -0.256. The molecular weight excluding hydrogens is 406 g/mol. The summed E-state index contributed by atoms with van der Waals surface area (Å²) in [6.45, 7) is 1.94. The number of anilines is 1. The Morgan fingerprint density at radius 1 is 1.00 bits per heavy atom. The second kappa shape index (κ2) is 9.78. The summed E-state index contributed by atoms with van der Waals surface area (Å²) in [5.74, 6) is 1.73. The summed E-state index contributed by atoms with van der Waals surface area (Å²) in [5.41, 5.74) is 3.35. The SMILES string of the molecule is CCc1ccc(NC(=O)COc2ccccc2-c2nc(-c3ccc(OC)cc3)no2)cc1. The van der Waals surface area contributed by atoms with Gasteiger partial charge in [-0.3, -0.25) is 4.79 Å². The number of hydrogen-bond acceptors (Lipinski definition) is 6. The minimum Gasteiger partial charge on any atom is -0.497 e. The van der Waals surface area contributed by atoms with Crippen LogP contribution in [0.3, 0.4) is 0 Å². The summed E-state index contributed by atoms with van der Waals surface area (Å²) in [7, 11) is 1.61. The van der Waals surface area contributed by atoms with Crippen molar-refractivity contribution >= 4 is 11.6 Å². The number of methoxy groups -OCH3 is 1. The van der Waals surface area contributed by atoms with Gasteiger partial charge in [-0.25, -0.2) is 0 Å². The number of carbonyl (C=O) groups is 1. The highest BCUT2D eigenvalue weighted by Gasteiger charge is 2.16. The number of aryl methyl sites for hydroxylation is 1. The molecule has 1 heterocycles. The normalized spacial score (nSPS) is 10.6. The van der Waals surface area contributed by atoms with Crippen molar-refractivity contribution in [2.45, 2.75) is 13.3 Å². The molecule has 7 heteroatoms. The molecule has 4 aromatic rings. The lowest BCUT2D eigenvalue weighted by atomic mass is 10.1. The highest BCUT2D eigenvalue weighted by atomic mass is 16.5. The molecule has 32 heavy (non-hydrogen) atoms. The minimum absolute atomic E-state index is 0.147. The standard InChI is InChI=1S/C25H23N3O4/c1-3-17-8-12-19(13-9-17)26-23(29)16-31-22-7-5-4-6-21(22)25-27-24(28-32-25)18-10-14-20(30-2)15-11-18/h4-15H,3,16H2,1-2H3,(H,26,29). The maximum absolute atomic E-state index is 12.3. The van der Waals surface area contributed by atoms with Gasteiger partial charge < -0.3 is 19.3 Å². The molecule has 0 unspecified atom stereocenters. The van der Waals surface area contributed by atoms with Crippen molar-refractivity contribution in [3.05, 3.63) is 78.4 Å². The Hall–Kier alpha value is -4.13. The Morgan fingerprint density at radius 2 is 1.75 bits per heavy atom. The lowest BCUT2D eigenvalue weighted by molar-refractivity contribution is -0.118. The predicted octanol–water partition coefficient (Wildman–Crippen LogP) is 4.99. The largest absolute Gasteiger partial charge is 0.497 e. The van der Waals surface area contributed by atoms with Crippen molar-refractivity contribution in [2.75, 3.05) is 19.0 Å². The van der Waals surface area contributed by atoms with Crippen LogP contribution in [0.5, 0.6) is 11.5 Å². The summed E-state index contributed by atoms with van der Waals surface area (Å²) < 4.78 is 16.4. The van der Waals surface area contributed by atoms with Crippen molar-refractivity contribution < 1.29 is 18.8 Å². The monoisotopic (exact) mass is 429 g/mol. The van der Waals surface area contributed by atoms with Crippen molar-refractivity contribution in [1.29, 1.82) is 0 Å². The van der Waals surface area contributed by atoms with Crippen LogP contribution in [0.4, 0.5) is 5.69 Å². The maximum Gasteiger partial charge on any atom is 0.262 e. The van der Waals surface area contributed by atoms with Gasteiger partial charge in [-0.05, 0) is 60.5 Å². The number of rotatable bonds is 8. The van der Waals surface area contributed by atoms with Gasteiger partial charge >= 0.3 is 0 Å². The van der Waals surface area contributed by atoms with E-state index in [1.807, 2.05) is 66.7 Å². The van der Waals surface area contributed by atoms with Crippen LogP contribution in [-0.4, -0.2) is 29.8 Å². The molecule has 4 rings (SSSR count). The number of benzene rings is 3. The fourth-order valence-electron chi connectivity index (χ4n) is 3.12. The quantitative estimate of drug-likeness (QED) is 0.425. The summed E-state index contributed by atoms with van der Waals surface area (Å²) in [6.07, 6.45) is 0.948. The van der Waals surface area contributed by atoms with Gasteiger partial charge in [0, 0.05) is 11.3 Å². The summed E-state index contributed by atoms with van der Waals surface area (Å²) in [6, 6.07) is 22.3. The van der Waals surface area contributed by atoms with Gasteiger partial charge in [0.2, 0.25) is 5.82 Å². The van der Waals surface area contributed by atoms with Crippen LogP contribution in [0.15, 0.2) is 77.3 Å². The zero-order valence-electron chi connectivity index (χ0n) is 17.9. The number of nitrogens with one attached hydrogen (secondary N) is 1. The Morgan fingerprint density at radius 3 is 2.47 bits per heavy atom. The molecule has 0 aliphatic heterocycles. The van der Waals surface area contributed by atoms with E-state index in [4.69, 9.17) is 14.0 Å². The molecule has 0 atom stereocenters. The summed E-state index contributed by atoms with van der Waals surface area (Å²) in [5, 5.41) is 6.89. The average Bonchev–Trinajstić information content (AvgIpc) is 3.33. The number of aromatic nitrogens is 2. The van der Waals surface area contributed by atoms with Gasteiger partial charge in [0.05, 0.1) is 12.7 Å². The van der Waals surface area contributed by atoms with Crippen LogP contribution in [-0.2, 0) is 11.2 Å². The van der Waals surface area contributed by atoms with Gasteiger partial charge in [0.1, 0.15) is 11.5 Å². The molecule has 0 aliphatic carbocycles. The molecule has 0 aliphatic rings. The van der Waals surface area contributed by atoms with E-state index in [0.717, 1.165) is 23.4 Å². The first-order valence-corrected chi connectivity index (χ1v) is 10.3. The Bertz CT molecular complexity index is 1180. The first kappa shape index (κ1) is 21.1. The topological polar surface area (TPSA) is 86.5 Å². The summed E-state index contributed by atoms with van der Waals surface area (Å²) >= 11 is 0. The van der Waals surface area contributed by atoms with Gasteiger partial charge in [0.15, 0.2) is 6.61 Å². The van der Waals surface area contributed by atoms with Crippen molar-refractivity contribution in [3.8, 4) is 34.3 Å². The molecule has 0 radical (unpaired) electrons. The Labute approximate surface area is 186 Å². The van der Waals surface area contributed by atoms with Crippen LogP contribution < -0.4 is 14.8 Å². The van der Waals surface area contributed by atoms with E-state index >= 15 is 0 Å². The van der Waals surface area contributed by atoms with Crippen molar-refractivity contribution in [1.82, 2.24) is 10.1 Å². The average molecular weight is 429 g/mol. The fraction of sp³-hybridized carbons (Fsp3) is 0.160. The Kier molecular flexibility index (Phi) is 6.46. The van der Waals surface area contributed by atoms with Crippen molar-refractivity contribution in [3.63, 3.8) is 0 Å². The molecule has 162 valence electrons. The van der Waals surface area contributed by atoms with E-state index in [1.54, 1.807) is 13.2 Å². The molecule has 3 aromatic carbocycles. The molecule has 0 bridgehead atoms. The number of amides is 1. The Balaban J connectivity index is 1.44. The highest BCUT2D eigenvalue weighted by Crippen LogP contribution is 2.30. The molecule has 1 aromatic heterocycles. The lowest BCUT2D eigenvalue weighted by Gasteiger charge is -2.10. The highest BCUT2D eigenvalue weighted by molar-refractivity contribution is 5.92. The molecule has 0 spiro atoms. The fourth-order valence-corrected chi connectivity index (χ4v) is 3.12. The molecular formula is C25H23N3O4. The van der Waals surface area contributed by atoms with Gasteiger partial charge in [0.25, 0.3) is 11.8 Å². The van der Waals surface area contributed by atoms with Gasteiger partial charge in [-0.1, -0.05) is 36.3 Å². The molecule has 1 N–H and O–H groups in total. The number of nitrogens with zero attached hydrogens (tertiary/aromatic N) is 2. The van der Waals surface area contributed by atoms with E-state index in [2.05, 4.69) is 22.4 Å². The smallest absolute Gasteiger partial charge is 0.262 e. The van der Waals surface area contributed by atoms with E-state index in [0.29, 0.717) is 23.0 Å². The molecule has 0 fully saturated rings. The van der Waals surface area contributed by atoms with E-state index in [-0.39, 0.29) is 12.5 Å². The summed E-state index contributed by atoms with van der Waals surface area (Å²) in [4.78, 5) is 16.8. The molecule has 7 nitrogen and oxygen atoms in total. The van der Waals surface area contributed by atoms with Gasteiger partial charge in [-0.2, -0.15) is 4.98 Å². The zero-order valence-corrected chi connectivity index (χ0v) is 17.9. The maximum atomic E-state index is 12.3. The van der Waals surface area contributed by atoms with Crippen LogP contribution in [0.2, 0.25) is 0 Å². The van der Waals surface area contributed by atoms with E-state index in [1.165, 1.54) is 5.56 Å².